The Morgan fingerprint density at radius 2 is 2.33 bits per heavy atom. The largest absolute Gasteiger partial charge is 0.476 e. The normalized spacial score (nSPS) is 9.67. The molecule has 0 aliphatic heterocycles. The SMILES string of the molecule is C=C(Br)CNC(=O)c1nc(C(=O)O)cs1. The maximum absolute atomic E-state index is 11.4. The summed E-state index contributed by atoms with van der Waals surface area (Å²) in [5.74, 6) is -1.55. The first-order chi connectivity index (χ1) is 7.00. The molecule has 0 radical (unpaired) electrons. The van der Waals surface area contributed by atoms with Gasteiger partial charge in [0.1, 0.15) is 0 Å². The fourth-order valence-corrected chi connectivity index (χ4v) is 1.58. The Morgan fingerprint density at radius 3 is 2.80 bits per heavy atom. The van der Waals surface area contributed by atoms with Crippen LogP contribution in [0.5, 0.6) is 0 Å². The summed E-state index contributed by atoms with van der Waals surface area (Å²) < 4.78 is 0.630. The van der Waals surface area contributed by atoms with Gasteiger partial charge >= 0.3 is 5.97 Å². The van der Waals surface area contributed by atoms with Crippen LogP contribution >= 0.6 is 27.3 Å². The molecule has 5 nitrogen and oxygen atoms in total. The summed E-state index contributed by atoms with van der Waals surface area (Å²) in [5.41, 5.74) is -0.122. The van der Waals surface area contributed by atoms with Gasteiger partial charge in [0.2, 0.25) is 0 Å². The number of halogens is 1. The smallest absolute Gasteiger partial charge is 0.355 e. The van der Waals surface area contributed by atoms with Gasteiger partial charge in [0.25, 0.3) is 5.91 Å². The zero-order valence-corrected chi connectivity index (χ0v) is 9.89. The molecule has 0 fully saturated rings. The number of nitrogens with zero attached hydrogens (tertiary/aromatic N) is 1. The number of carboxylic acid groups (broad SMARTS) is 1. The molecule has 0 saturated heterocycles. The van der Waals surface area contributed by atoms with E-state index in [1.54, 1.807) is 0 Å². The van der Waals surface area contributed by atoms with Gasteiger partial charge in [-0.15, -0.1) is 11.3 Å². The van der Waals surface area contributed by atoms with Gasteiger partial charge in [-0.2, -0.15) is 0 Å². The van der Waals surface area contributed by atoms with Gasteiger partial charge in [-0.25, -0.2) is 9.78 Å². The van der Waals surface area contributed by atoms with Crippen LogP contribution in [0.1, 0.15) is 20.3 Å². The van der Waals surface area contributed by atoms with Crippen molar-refractivity contribution in [2.75, 3.05) is 6.54 Å². The molecule has 0 aliphatic rings. The number of amides is 1. The van der Waals surface area contributed by atoms with Crippen LogP contribution in [-0.4, -0.2) is 28.5 Å². The minimum Gasteiger partial charge on any atom is -0.476 e. The maximum atomic E-state index is 11.4. The first kappa shape index (κ1) is 11.9. The lowest BCUT2D eigenvalue weighted by atomic mass is 10.5. The van der Waals surface area contributed by atoms with E-state index in [1.165, 1.54) is 5.38 Å². The van der Waals surface area contributed by atoms with E-state index in [-0.39, 0.29) is 17.2 Å². The fourth-order valence-electron chi connectivity index (χ4n) is 0.728. The number of hydrogen-bond acceptors (Lipinski definition) is 4. The van der Waals surface area contributed by atoms with Crippen molar-refractivity contribution in [1.82, 2.24) is 10.3 Å². The summed E-state index contributed by atoms with van der Waals surface area (Å²) in [7, 11) is 0. The minimum absolute atomic E-state index is 0.122. The summed E-state index contributed by atoms with van der Waals surface area (Å²) in [4.78, 5) is 25.5. The Labute approximate surface area is 98.0 Å². The quantitative estimate of drug-likeness (QED) is 0.880. The van der Waals surface area contributed by atoms with Gasteiger partial charge in [0.05, 0.1) is 0 Å². The molecule has 1 heterocycles. The number of carbonyl (C=O) groups excluding carboxylic acids is 1. The molecule has 0 bridgehead atoms. The number of rotatable bonds is 4. The van der Waals surface area contributed by atoms with Gasteiger partial charge in [-0.3, -0.25) is 4.79 Å². The number of hydrogen-bond donors (Lipinski definition) is 2. The molecule has 2 N–H and O–H groups in total. The highest BCUT2D eigenvalue weighted by Gasteiger charge is 2.13. The number of aromatic nitrogens is 1. The van der Waals surface area contributed by atoms with Gasteiger partial charge in [0, 0.05) is 16.4 Å². The van der Waals surface area contributed by atoms with E-state index in [9.17, 15) is 9.59 Å². The van der Waals surface area contributed by atoms with Crippen molar-refractivity contribution in [3.05, 3.63) is 27.1 Å². The van der Waals surface area contributed by atoms with E-state index < -0.39 is 11.9 Å². The molecular weight excluding hydrogens is 284 g/mol. The van der Waals surface area contributed by atoms with Crippen LogP contribution in [0.15, 0.2) is 16.4 Å². The Hall–Kier alpha value is -1.21. The average Bonchev–Trinajstić information content (AvgIpc) is 2.62. The van der Waals surface area contributed by atoms with Crippen LogP contribution in [0.25, 0.3) is 0 Å². The number of aromatic carboxylic acids is 1. The molecule has 15 heavy (non-hydrogen) atoms. The molecule has 7 heteroatoms. The second-order valence-corrected chi connectivity index (χ2v) is 4.52. The molecular formula is C8H7BrN2O3S. The summed E-state index contributed by atoms with van der Waals surface area (Å²) in [6.07, 6.45) is 0. The number of carboxylic acids is 1. The zero-order chi connectivity index (χ0) is 11.4. The van der Waals surface area contributed by atoms with Crippen LogP contribution in [0, 0.1) is 0 Å². The predicted molar refractivity (Wildman–Crippen MR) is 59.5 cm³/mol. The average molecular weight is 291 g/mol. The van der Waals surface area contributed by atoms with E-state index in [1.807, 2.05) is 0 Å². The van der Waals surface area contributed by atoms with Crippen LogP contribution in [0.3, 0.4) is 0 Å². The van der Waals surface area contributed by atoms with Crippen molar-refractivity contribution in [1.29, 1.82) is 0 Å². The van der Waals surface area contributed by atoms with Crippen molar-refractivity contribution >= 4 is 39.1 Å². The van der Waals surface area contributed by atoms with Crippen LogP contribution in [0.4, 0.5) is 0 Å². The van der Waals surface area contributed by atoms with E-state index in [2.05, 4.69) is 32.8 Å². The van der Waals surface area contributed by atoms with Crippen LogP contribution in [0.2, 0.25) is 0 Å². The molecule has 0 saturated carbocycles. The third-order valence-electron chi connectivity index (χ3n) is 1.36. The monoisotopic (exact) mass is 290 g/mol. The first-order valence-electron chi connectivity index (χ1n) is 3.81. The summed E-state index contributed by atoms with van der Waals surface area (Å²) >= 11 is 4.07. The van der Waals surface area contributed by atoms with E-state index in [4.69, 9.17) is 5.11 Å². The van der Waals surface area contributed by atoms with E-state index in [0.717, 1.165) is 11.3 Å². The van der Waals surface area contributed by atoms with E-state index in [0.29, 0.717) is 4.48 Å². The van der Waals surface area contributed by atoms with Crippen molar-refractivity contribution in [3.8, 4) is 0 Å². The highest BCUT2D eigenvalue weighted by molar-refractivity contribution is 9.11. The molecule has 1 amide bonds. The second-order valence-electron chi connectivity index (χ2n) is 2.54. The summed E-state index contributed by atoms with van der Waals surface area (Å²) in [5, 5.41) is 12.6. The molecule has 80 valence electrons. The van der Waals surface area contributed by atoms with Crippen molar-refractivity contribution < 1.29 is 14.7 Å². The van der Waals surface area contributed by atoms with Crippen molar-refractivity contribution in [3.63, 3.8) is 0 Å². The molecule has 1 aromatic rings. The number of carbonyl (C=O) groups is 2. The predicted octanol–water partition coefficient (Wildman–Crippen LogP) is 1.48. The van der Waals surface area contributed by atoms with Gasteiger partial charge in [-0.05, 0) is 0 Å². The van der Waals surface area contributed by atoms with Crippen LogP contribution < -0.4 is 5.32 Å². The third kappa shape index (κ3) is 3.45. The van der Waals surface area contributed by atoms with E-state index >= 15 is 0 Å². The summed E-state index contributed by atoms with van der Waals surface area (Å²) in [6, 6.07) is 0. The van der Waals surface area contributed by atoms with Gasteiger partial charge in [-0.1, -0.05) is 22.5 Å². The summed E-state index contributed by atoms with van der Waals surface area (Å²) in [6.45, 7) is 3.82. The highest BCUT2D eigenvalue weighted by Crippen LogP contribution is 2.09. The lowest BCUT2D eigenvalue weighted by Crippen LogP contribution is -2.24. The number of thiazole rings is 1. The van der Waals surface area contributed by atoms with Gasteiger partial charge < -0.3 is 10.4 Å². The molecule has 0 unspecified atom stereocenters. The third-order valence-corrected chi connectivity index (χ3v) is 2.48. The topological polar surface area (TPSA) is 79.3 Å². The maximum Gasteiger partial charge on any atom is 0.355 e. The first-order valence-corrected chi connectivity index (χ1v) is 5.48. The second kappa shape index (κ2) is 5.04. The Kier molecular flexibility index (Phi) is 3.98. The zero-order valence-electron chi connectivity index (χ0n) is 7.49. The minimum atomic E-state index is -1.14. The lowest BCUT2D eigenvalue weighted by Gasteiger charge is -1.99. The van der Waals surface area contributed by atoms with Crippen molar-refractivity contribution in [2.24, 2.45) is 0 Å². The Morgan fingerprint density at radius 1 is 1.67 bits per heavy atom. The molecule has 0 aromatic carbocycles. The molecule has 0 aliphatic carbocycles. The Bertz CT molecular complexity index is 416. The Balaban J connectivity index is 2.66. The standard InChI is InChI=1S/C8H7BrN2O3S/c1-4(9)2-10-6(12)7-11-5(3-15-7)8(13)14/h3H,1-2H2,(H,10,12)(H,13,14). The molecule has 1 rings (SSSR count). The van der Waals surface area contributed by atoms with Crippen LogP contribution in [-0.2, 0) is 0 Å². The highest BCUT2D eigenvalue weighted by atomic mass is 79.9. The molecule has 1 aromatic heterocycles. The fraction of sp³-hybridized carbons (Fsp3) is 0.125. The molecule has 0 atom stereocenters. The van der Waals surface area contributed by atoms with Gasteiger partial charge in [0.15, 0.2) is 10.7 Å². The molecule has 0 spiro atoms. The number of nitrogens with one attached hydrogen (secondary N) is 1. The van der Waals surface area contributed by atoms with Crippen molar-refractivity contribution in [2.45, 2.75) is 0 Å². The lowest BCUT2D eigenvalue weighted by molar-refractivity contribution is 0.0691.